The fraction of sp³-hybridized carbons (Fsp3) is 0.348. The Kier molecular flexibility index (Phi) is 6.36. The lowest BCUT2D eigenvalue weighted by molar-refractivity contribution is -0.384. The van der Waals surface area contributed by atoms with Crippen molar-refractivity contribution in [1.29, 1.82) is 0 Å². The number of benzene rings is 2. The molecule has 0 spiro atoms. The van der Waals surface area contributed by atoms with Crippen molar-refractivity contribution in [3.05, 3.63) is 64.2 Å². The Balaban J connectivity index is 1.92. The number of anilines is 1. The minimum Gasteiger partial charge on any atom is -0.465 e. The van der Waals surface area contributed by atoms with E-state index in [1.165, 1.54) is 17.0 Å². The van der Waals surface area contributed by atoms with Gasteiger partial charge in [0.2, 0.25) is 11.9 Å². The molecule has 0 radical (unpaired) electrons. The van der Waals surface area contributed by atoms with Crippen molar-refractivity contribution >= 4 is 34.5 Å². The molecule has 0 saturated heterocycles. The van der Waals surface area contributed by atoms with Gasteiger partial charge in [-0.3, -0.25) is 24.6 Å². The van der Waals surface area contributed by atoms with E-state index >= 15 is 0 Å². The molecule has 1 aromatic heterocycles. The zero-order valence-electron chi connectivity index (χ0n) is 18.3. The molecule has 2 heterocycles. The zero-order chi connectivity index (χ0) is 23.5. The predicted molar refractivity (Wildman–Crippen MR) is 120 cm³/mol. The van der Waals surface area contributed by atoms with E-state index in [-0.39, 0.29) is 12.3 Å². The molecule has 2 aromatic carbocycles. The molecule has 2 atom stereocenters. The maximum Gasteiger partial charge on any atom is 0.321 e. The summed E-state index contributed by atoms with van der Waals surface area (Å²) in [6, 6.07) is 12.5. The summed E-state index contributed by atoms with van der Waals surface area (Å²) in [5, 5.41) is 11.1. The molecule has 0 aliphatic carbocycles. The number of nitrogens with zero attached hydrogens (tertiary/aromatic N) is 4. The third kappa shape index (κ3) is 4.05. The normalized spacial score (nSPS) is 17.8. The number of hydrogen-bond acceptors (Lipinski definition) is 7. The number of methoxy groups -OCH3 is 1. The summed E-state index contributed by atoms with van der Waals surface area (Å²) < 4.78 is 12.3. The largest absolute Gasteiger partial charge is 0.465 e. The Morgan fingerprint density at radius 2 is 1.91 bits per heavy atom. The molecule has 3 aromatic rings. The van der Waals surface area contributed by atoms with Crippen molar-refractivity contribution in [2.75, 3.05) is 31.8 Å². The lowest BCUT2D eigenvalue weighted by atomic mass is 9.89. The van der Waals surface area contributed by atoms with E-state index in [1.807, 2.05) is 28.8 Å². The molecule has 1 amide bonds. The van der Waals surface area contributed by atoms with Crippen molar-refractivity contribution in [2.24, 2.45) is 5.92 Å². The molecular weight excluding hydrogens is 428 g/mol. The van der Waals surface area contributed by atoms with Gasteiger partial charge < -0.3 is 14.0 Å². The first-order valence-corrected chi connectivity index (χ1v) is 10.7. The molecule has 172 valence electrons. The molecular formula is C23H24N4O6. The van der Waals surface area contributed by atoms with Crippen LogP contribution in [0.5, 0.6) is 0 Å². The van der Waals surface area contributed by atoms with Crippen LogP contribution in [0.3, 0.4) is 0 Å². The van der Waals surface area contributed by atoms with Gasteiger partial charge in [-0.15, -0.1) is 0 Å². The van der Waals surface area contributed by atoms with Crippen molar-refractivity contribution in [1.82, 2.24) is 9.55 Å². The fourth-order valence-electron chi connectivity index (χ4n) is 4.22. The number of para-hydroxylation sites is 2. The number of fused-ring (bicyclic) bond motifs is 3. The average molecular weight is 452 g/mol. The van der Waals surface area contributed by atoms with Gasteiger partial charge in [0, 0.05) is 32.4 Å². The van der Waals surface area contributed by atoms with E-state index in [0.29, 0.717) is 36.6 Å². The first kappa shape index (κ1) is 22.4. The molecule has 33 heavy (non-hydrogen) atoms. The van der Waals surface area contributed by atoms with Gasteiger partial charge in [0.25, 0.3) is 5.69 Å². The first-order chi connectivity index (χ1) is 16.0. The molecule has 4 rings (SSSR count). The number of esters is 1. The highest BCUT2D eigenvalue weighted by Gasteiger charge is 2.47. The predicted octanol–water partition coefficient (Wildman–Crippen LogP) is 3.10. The minimum atomic E-state index is -1.17. The van der Waals surface area contributed by atoms with Crippen LogP contribution in [0.25, 0.3) is 11.0 Å². The van der Waals surface area contributed by atoms with E-state index in [1.54, 1.807) is 26.2 Å². The lowest BCUT2D eigenvalue weighted by Gasteiger charge is -2.37. The topological polar surface area (TPSA) is 117 Å². The van der Waals surface area contributed by atoms with Gasteiger partial charge in [0.15, 0.2) is 5.92 Å². The van der Waals surface area contributed by atoms with Crippen LogP contribution in [0.1, 0.15) is 24.9 Å². The summed E-state index contributed by atoms with van der Waals surface area (Å²) in [6.45, 7) is 2.57. The molecule has 10 heteroatoms. The second kappa shape index (κ2) is 9.37. The smallest absolute Gasteiger partial charge is 0.321 e. The third-order valence-electron chi connectivity index (χ3n) is 5.66. The number of imidazole rings is 1. The molecule has 1 aliphatic heterocycles. The van der Waals surface area contributed by atoms with Gasteiger partial charge in [-0.25, -0.2) is 4.98 Å². The molecule has 0 fully saturated rings. The Labute approximate surface area is 189 Å². The number of carbonyl (C=O) groups is 2. The number of ether oxygens (including phenoxy) is 2. The van der Waals surface area contributed by atoms with Crippen molar-refractivity contribution in [3.63, 3.8) is 0 Å². The van der Waals surface area contributed by atoms with Crippen LogP contribution >= 0.6 is 0 Å². The van der Waals surface area contributed by atoms with Gasteiger partial charge in [0.05, 0.1) is 28.6 Å². The van der Waals surface area contributed by atoms with E-state index in [9.17, 15) is 19.7 Å². The van der Waals surface area contributed by atoms with Crippen LogP contribution in [0, 0.1) is 16.0 Å². The lowest BCUT2D eigenvalue weighted by Crippen LogP contribution is -2.50. The van der Waals surface area contributed by atoms with Gasteiger partial charge >= 0.3 is 5.97 Å². The highest BCUT2D eigenvalue weighted by Crippen LogP contribution is 2.41. The quantitative estimate of drug-likeness (QED) is 0.169. The number of aromatic nitrogens is 2. The number of rotatable bonds is 8. The van der Waals surface area contributed by atoms with Gasteiger partial charge in [-0.2, -0.15) is 0 Å². The Bertz CT molecular complexity index is 1190. The standard InChI is InChI=1S/C23H24N4O6/c1-3-33-22(29)19-20(15-9-11-16(12-10-15)27(30)31)26-18-8-5-4-7-17(18)24-23(26)25(21(19)28)13-6-14-32-2/h4-5,7-12,19-20H,3,6,13-14H2,1-2H3/t19-,20-/m1/s1. The van der Waals surface area contributed by atoms with Crippen LogP contribution in [-0.4, -0.2) is 53.2 Å². The van der Waals surface area contributed by atoms with Crippen LogP contribution in [-0.2, 0) is 19.1 Å². The van der Waals surface area contributed by atoms with Crippen LogP contribution in [0.15, 0.2) is 48.5 Å². The van der Waals surface area contributed by atoms with Gasteiger partial charge in [-0.1, -0.05) is 24.3 Å². The van der Waals surface area contributed by atoms with Crippen molar-refractivity contribution < 1.29 is 24.0 Å². The zero-order valence-corrected chi connectivity index (χ0v) is 18.3. The summed E-state index contributed by atoms with van der Waals surface area (Å²) in [6.07, 6.45) is 0.559. The molecule has 0 bridgehead atoms. The van der Waals surface area contributed by atoms with Crippen LogP contribution in [0.2, 0.25) is 0 Å². The minimum absolute atomic E-state index is 0.0783. The van der Waals surface area contributed by atoms with Crippen LogP contribution < -0.4 is 4.90 Å². The van der Waals surface area contributed by atoms with E-state index in [2.05, 4.69) is 0 Å². The molecule has 1 aliphatic rings. The van der Waals surface area contributed by atoms with E-state index in [4.69, 9.17) is 14.5 Å². The number of amides is 1. The monoisotopic (exact) mass is 452 g/mol. The second-order valence-electron chi connectivity index (χ2n) is 7.63. The summed E-state index contributed by atoms with van der Waals surface area (Å²) in [7, 11) is 1.58. The number of hydrogen-bond donors (Lipinski definition) is 0. The first-order valence-electron chi connectivity index (χ1n) is 10.7. The molecule has 10 nitrogen and oxygen atoms in total. The molecule has 0 N–H and O–H groups in total. The van der Waals surface area contributed by atoms with Crippen molar-refractivity contribution in [2.45, 2.75) is 19.4 Å². The Hall–Kier alpha value is -3.79. The SMILES string of the molecule is CCOC(=O)[C@H]1C(=O)N(CCCOC)c2nc3ccccc3n2[C@@H]1c1ccc([N+](=O)[O-])cc1. The number of nitro groups is 1. The molecule has 0 unspecified atom stereocenters. The average Bonchev–Trinajstić information content (AvgIpc) is 3.19. The summed E-state index contributed by atoms with van der Waals surface area (Å²) in [5.41, 5.74) is 1.92. The number of nitro benzene ring substituents is 1. The highest BCUT2D eigenvalue weighted by molar-refractivity contribution is 6.08. The maximum absolute atomic E-state index is 13.7. The number of carbonyl (C=O) groups excluding carboxylic acids is 2. The molecule has 0 saturated carbocycles. The van der Waals surface area contributed by atoms with E-state index in [0.717, 1.165) is 5.52 Å². The summed E-state index contributed by atoms with van der Waals surface area (Å²) in [5.74, 6) is -1.82. The third-order valence-corrected chi connectivity index (χ3v) is 5.66. The van der Waals surface area contributed by atoms with Crippen LogP contribution in [0.4, 0.5) is 11.6 Å². The Morgan fingerprint density at radius 3 is 2.58 bits per heavy atom. The highest BCUT2D eigenvalue weighted by atomic mass is 16.6. The van der Waals surface area contributed by atoms with Gasteiger partial charge in [-0.05, 0) is 31.0 Å². The number of non-ortho nitro benzene ring substituents is 1. The summed E-state index contributed by atoms with van der Waals surface area (Å²) >= 11 is 0. The summed E-state index contributed by atoms with van der Waals surface area (Å²) in [4.78, 5) is 43.6. The van der Waals surface area contributed by atoms with E-state index < -0.39 is 28.8 Å². The Morgan fingerprint density at radius 1 is 1.18 bits per heavy atom. The van der Waals surface area contributed by atoms with Gasteiger partial charge in [0.1, 0.15) is 0 Å². The fourth-order valence-corrected chi connectivity index (χ4v) is 4.22. The second-order valence-corrected chi connectivity index (χ2v) is 7.63. The maximum atomic E-state index is 13.7. The van der Waals surface area contributed by atoms with Crippen molar-refractivity contribution in [3.8, 4) is 0 Å².